The Hall–Kier alpha value is -1.82. The Morgan fingerprint density at radius 3 is 2.45 bits per heavy atom. The van der Waals surface area contributed by atoms with Gasteiger partial charge in [-0.25, -0.2) is 0 Å². The molecule has 1 aromatic heterocycles. The number of benzene rings is 1. The van der Waals surface area contributed by atoms with Crippen molar-refractivity contribution in [3.8, 4) is 5.75 Å². The number of aryl methyl sites for hydroxylation is 2. The van der Waals surface area contributed by atoms with Crippen LogP contribution >= 0.6 is 11.3 Å². The van der Waals surface area contributed by atoms with Gasteiger partial charge in [-0.15, -0.1) is 24.5 Å². The van der Waals surface area contributed by atoms with E-state index in [0.717, 1.165) is 22.6 Å². The number of carbonyl (C=O) groups excluding carboxylic acids is 1. The zero-order chi connectivity index (χ0) is 14.9. The Bertz CT molecular complexity index is 625. The number of ether oxygens (including phenoxy) is 1. The molecule has 20 heavy (non-hydrogen) atoms. The standard InChI is InChI=1S/C14H11F3O2S/c1-8-6-12(20-9(8)2)13(18)10-4-3-5-11(7-10)19-14(15,16)17/h3-7H,1-2H3. The molecule has 0 aliphatic rings. The summed E-state index contributed by atoms with van der Waals surface area (Å²) < 4.78 is 40.3. The first-order valence-electron chi connectivity index (χ1n) is 5.74. The maximum absolute atomic E-state index is 12.2. The SMILES string of the molecule is Cc1cc(C(=O)c2cccc(OC(F)(F)F)c2)sc1C. The van der Waals surface area contributed by atoms with E-state index in [1.165, 1.54) is 23.5 Å². The van der Waals surface area contributed by atoms with Gasteiger partial charge in [-0.1, -0.05) is 12.1 Å². The van der Waals surface area contributed by atoms with Crippen LogP contribution in [0.1, 0.15) is 25.7 Å². The van der Waals surface area contributed by atoms with Crippen molar-refractivity contribution in [1.29, 1.82) is 0 Å². The molecule has 2 nitrogen and oxygen atoms in total. The minimum absolute atomic E-state index is 0.174. The molecule has 6 heteroatoms. The van der Waals surface area contributed by atoms with E-state index in [0.29, 0.717) is 4.88 Å². The molecule has 2 rings (SSSR count). The average molecular weight is 300 g/mol. The summed E-state index contributed by atoms with van der Waals surface area (Å²) in [6.45, 7) is 3.77. The maximum Gasteiger partial charge on any atom is 0.573 e. The van der Waals surface area contributed by atoms with Crippen LogP contribution in [0, 0.1) is 13.8 Å². The first-order chi connectivity index (χ1) is 9.26. The van der Waals surface area contributed by atoms with Gasteiger partial charge in [0, 0.05) is 10.4 Å². The van der Waals surface area contributed by atoms with Crippen molar-refractivity contribution < 1.29 is 22.7 Å². The zero-order valence-electron chi connectivity index (χ0n) is 10.7. The van der Waals surface area contributed by atoms with E-state index >= 15 is 0 Å². The largest absolute Gasteiger partial charge is 0.573 e. The van der Waals surface area contributed by atoms with Crippen molar-refractivity contribution in [2.45, 2.75) is 20.2 Å². The molecule has 0 N–H and O–H groups in total. The third-order valence-electron chi connectivity index (χ3n) is 2.72. The van der Waals surface area contributed by atoms with Crippen LogP contribution in [0.15, 0.2) is 30.3 Å². The Morgan fingerprint density at radius 1 is 1.20 bits per heavy atom. The average Bonchev–Trinajstić information content (AvgIpc) is 2.67. The molecule has 0 saturated heterocycles. The second-order valence-corrected chi connectivity index (χ2v) is 5.51. The molecule has 1 aromatic carbocycles. The molecule has 0 spiro atoms. The Balaban J connectivity index is 2.29. The second kappa shape index (κ2) is 5.28. The van der Waals surface area contributed by atoms with Gasteiger partial charge in [0.2, 0.25) is 5.78 Å². The molecular formula is C14H11F3O2S. The molecule has 0 bridgehead atoms. The number of rotatable bonds is 3. The first kappa shape index (κ1) is 14.6. The van der Waals surface area contributed by atoms with Gasteiger partial charge in [0.05, 0.1) is 4.88 Å². The van der Waals surface area contributed by atoms with Gasteiger partial charge in [0.1, 0.15) is 5.75 Å². The highest BCUT2D eigenvalue weighted by molar-refractivity contribution is 7.14. The minimum Gasteiger partial charge on any atom is -0.406 e. The number of ketones is 1. The molecule has 0 aliphatic carbocycles. The number of hydrogen-bond donors (Lipinski definition) is 0. The van der Waals surface area contributed by atoms with E-state index in [1.54, 1.807) is 6.07 Å². The van der Waals surface area contributed by atoms with Crippen molar-refractivity contribution in [1.82, 2.24) is 0 Å². The summed E-state index contributed by atoms with van der Waals surface area (Å²) in [6.07, 6.45) is -4.77. The van der Waals surface area contributed by atoms with Crippen LogP contribution in [-0.2, 0) is 0 Å². The van der Waals surface area contributed by atoms with Gasteiger partial charge in [-0.3, -0.25) is 4.79 Å². The molecule has 0 radical (unpaired) electrons. The molecule has 0 aliphatic heterocycles. The lowest BCUT2D eigenvalue weighted by Gasteiger charge is -2.09. The number of carbonyl (C=O) groups is 1. The number of alkyl halides is 3. The summed E-state index contributed by atoms with van der Waals surface area (Å²) in [5.74, 6) is -0.702. The summed E-state index contributed by atoms with van der Waals surface area (Å²) in [5.41, 5.74) is 1.16. The van der Waals surface area contributed by atoms with Crippen molar-refractivity contribution >= 4 is 17.1 Å². The Kier molecular flexibility index (Phi) is 3.85. The fourth-order valence-corrected chi connectivity index (χ4v) is 2.66. The van der Waals surface area contributed by atoms with Crippen molar-refractivity contribution in [3.05, 3.63) is 51.2 Å². The monoisotopic (exact) mass is 300 g/mol. The topological polar surface area (TPSA) is 26.3 Å². The quantitative estimate of drug-likeness (QED) is 0.780. The highest BCUT2D eigenvalue weighted by atomic mass is 32.1. The third-order valence-corrected chi connectivity index (χ3v) is 3.87. The minimum atomic E-state index is -4.77. The fourth-order valence-electron chi connectivity index (χ4n) is 1.66. The predicted octanol–water partition coefficient (Wildman–Crippen LogP) is 4.49. The van der Waals surface area contributed by atoms with E-state index in [4.69, 9.17) is 0 Å². The molecule has 0 saturated carbocycles. The van der Waals surface area contributed by atoms with Crippen molar-refractivity contribution in [3.63, 3.8) is 0 Å². The van der Waals surface area contributed by atoms with E-state index in [1.807, 2.05) is 13.8 Å². The van der Waals surface area contributed by atoms with Gasteiger partial charge < -0.3 is 4.74 Å². The summed E-state index contributed by atoms with van der Waals surface area (Å²) in [5, 5.41) is 0. The molecule has 1 heterocycles. The number of thiophene rings is 1. The van der Waals surface area contributed by atoms with Gasteiger partial charge in [-0.2, -0.15) is 0 Å². The predicted molar refractivity (Wildman–Crippen MR) is 70.4 cm³/mol. The van der Waals surface area contributed by atoms with Crippen molar-refractivity contribution in [2.75, 3.05) is 0 Å². The van der Waals surface area contributed by atoms with Crippen LogP contribution in [0.4, 0.5) is 13.2 Å². The summed E-state index contributed by atoms with van der Waals surface area (Å²) in [6, 6.07) is 6.83. The van der Waals surface area contributed by atoms with Gasteiger partial charge in [0.25, 0.3) is 0 Å². The van der Waals surface area contributed by atoms with E-state index in [-0.39, 0.29) is 11.3 Å². The summed E-state index contributed by atoms with van der Waals surface area (Å²) in [4.78, 5) is 13.7. The first-order valence-corrected chi connectivity index (χ1v) is 6.55. The molecule has 106 valence electrons. The molecule has 0 amide bonds. The smallest absolute Gasteiger partial charge is 0.406 e. The summed E-state index contributed by atoms with van der Waals surface area (Å²) in [7, 11) is 0. The molecule has 2 aromatic rings. The van der Waals surface area contributed by atoms with Crippen molar-refractivity contribution in [2.24, 2.45) is 0 Å². The molecule has 0 unspecified atom stereocenters. The second-order valence-electron chi connectivity index (χ2n) is 4.25. The molecule has 0 fully saturated rings. The van der Waals surface area contributed by atoms with Crippen LogP contribution in [0.3, 0.4) is 0 Å². The maximum atomic E-state index is 12.2. The van der Waals surface area contributed by atoms with Gasteiger partial charge in [0.15, 0.2) is 0 Å². The zero-order valence-corrected chi connectivity index (χ0v) is 11.6. The van der Waals surface area contributed by atoms with Gasteiger partial charge >= 0.3 is 6.36 Å². The van der Waals surface area contributed by atoms with E-state index < -0.39 is 12.1 Å². The van der Waals surface area contributed by atoms with Crippen LogP contribution < -0.4 is 4.74 Å². The lowest BCUT2D eigenvalue weighted by atomic mass is 10.1. The van der Waals surface area contributed by atoms with E-state index in [2.05, 4.69) is 4.74 Å². The third kappa shape index (κ3) is 3.39. The molecular weight excluding hydrogens is 289 g/mol. The summed E-state index contributed by atoms with van der Waals surface area (Å²) >= 11 is 1.32. The Morgan fingerprint density at radius 2 is 1.90 bits per heavy atom. The number of hydrogen-bond acceptors (Lipinski definition) is 3. The number of halogens is 3. The van der Waals surface area contributed by atoms with Crippen LogP contribution in [0.5, 0.6) is 5.75 Å². The fraction of sp³-hybridized carbons (Fsp3) is 0.214. The van der Waals surface area contributed by atoms with Crippen LogP contribution in [0.2, 0.25) is 0 Å². The highest BCUT2D eigenvalue weighted by Crippen LogP contribution is 2.27. The Labute approximate surface area is 117 Å². The van der Waals surface area contributed by atoms with Crippen LogP contribution in [-0.4, -0.2) is 12.1 Å². The van der Waals surface area contributed by atoms with Crippen LogP contribution in [0.25, 0.3) is 0 Å². The lowest BCUT2D eigenvalue weighted by Crippen LogP contribution is -2.17. The van der Waals surface area contributed by atoms with Gasteiger partial charge in [-0.05, 0) is 37.6 Å². The van der Waals surface area contributed by atoms with E-state index in [9.17, 15) is 18.0 Å². The molecule has 0 atom stereocenters. The normalized spacial score (nSPS) is 11.4. The highest BCUT2D eigenvalue weighted by Gasteiger charge is 2.31. The lowest BCUT2D eigenvalue weighted by molar-refractivity contribution is -0.274.